The van der Waals surface area contributed by atoms with Crippen LogP contribution in [0.15, 0.2) is 129 Å². The maximum atomic E-state index is 3.77. The molecular formula is C45H43BrZr. The van der Waals surface area contributed by atoms with E-state index in [1.807, 2.05) is 0 Å². The fraction of sp³-hybridized carbons (Fsp3) is 0.222. The summed E-state index contributed by atoms with van der Waals surface area (Å²) in [6.07, 6.45) is 9.13. The number of fused-ring (bicyclic) bond motifs is 3. The van der Waals surface area contributed by atoms with Crippen molar-refractivity contribution in [2.75, 3.05) is 0 Å². The van der Waals surface area contributed by atoms with Crippen LogP contribution in [0.2, 0.25) is 0 Å². The molecule has 47 heavy (non-hydrogen) atoms. The molecular weight excluding hydrogens is 712 g/mol. The van der Waals surface area contributed by atoms with Crippen LogP contribution >= 0.6 is 15.9 Å². The summed E-state index contributed by atoms with van der Waals surface area (Å²) in [5, 5.41) is 0. The van der Waals surface area contributed by atoms with Crippen LogP contribution in [-0.4, -0.2) is 3.71 Å². The number of rotatable bonds is 5. The van der Waals surface area contributed by atoms with E-state index in [4.69, 9.17) is 0 Å². The summed E-state index contributed by atoms with van der Waals surface area (Å²) in [5.41, 5.74) is 15.6. The molecule has 234 valence electrons. The number of hydrogen-bond donors (Lipinski definition) is 0. The Morgan fingerprint density at radius 1 is 0.660 bits per heavy atom. The standard InChI is InChI=1S/C33H33.C7H5Br.C5H5.Zr/c1-32(2,3)30-20-26-24(18-28(30)22-13-9-7-10-14-22)17-25-19-29(23-15-11-8-12-16-23)31(21-27(25)26)33(4,5)6;1-6-3-2-4-7(8)5-6;1-2-4-5-3-1;/h7-16,18,20-21H,17H2,1-6H3;1-5H;1-3H,4H2;. The Morgan fingerprint density at radius 2 is 1.32 bits per heavy atom. The molecule has 0 amide bonds. The maximum absolute atomic E-state index is 3.77. The van der Waals surface area contributed by atoms with Gasteiger partial charge >= 0.3 is 300 Å². The van der Waals surface area contributed by atoms with E-state index in [9.17, 15) is 0 Å². The predicted octanol–water partition coefficient (Wildman–Crippen LogP) is 11.9. The number of halogens is 1. The van der Waals surface area contributed by atoms with Gasteiger partial charge in [0.2, 0.25) is 0 Å². The van der Waals surface area contributed by atoms with E-state index in [-0.39, 0.29) is 10.8 Å². The SMILES string of the molecule is CC(C)(C)c1cc2c(cc1-c1ccccc1)Cc1c-2cc(C(C)(C)C)c(-c2ccccc2)[c]1/[Zr](=[CH]\c1cccc(Br)c1)[C]1=CC=CC1. The van der Waals surface area contributed by atoms with Gasteiger partial charge in [0.05, 0.1) is 0 Å². The van der Waals surface area contributed by atoms with Gasteiger partial charge < -0.3 is 0 Å². The number of benzene rings is 5. The Morgan fingerprint density at radius 3 is 1.94 bits per heavy atom. The second-order valence-corrected chi connectivity index (χ2v) is 21.6. The van der Waals surface area contributed by atoms with Crippen molar-refractivity contribution in [2.24, 2.45) is 0 Å². The van der Waals surface area contributed by atoms with E-state index in [0.29, 0.717) is 0 Å². The van der Waals surface area contributed by atoms with Gasteiger partial charge in [-0.05, 0) is 0 Å². The third kappa shape index (κ3) is 6.37. The zero-order valence-electron chi connectivity index (χ0n) is 28.4. The first-order valence-corrected chi connectivity index (χ1v) is 21.5. The van der Waals surface area contributed by atoms with Crippen molar-refractivity contribution in [1.82, 2.24) is 0 Å². The Kier molecular flexibility index (Phi) is 8.74. The molecule has 0 bridgehead atoms. The molecule has 0 heterocycles. The summed E-state index contributed by atoms with van der Waals surface area (Å²) in [4.78, 5) is 0. The van der Waals surface area contributed by atoms with Crippen LogP contribution in [0.1, 0.15) is 75.8 Å². The van der Waals surface area contributed by atoms with Crippen molar-refractivity contribution in [3.8, 4) is 33.4 Å². The second-order valence-electron chi connectivity index (χ2n) is 15.1. The zero-order chi connectivity index (χ0) is 32.9. The van der Waals surface area contributed by atoms with Crippen LogP contribution in [0.5, 0.6) is 0 Å². The predicted molar refractivity (Wildman–Crippen MR) is 204 cm³/mol. The molecule has 0 saturated heterocycles. The fourth-order valence-electron chi connectivity index (χ4n) is 7.39. The minimum atomic E-state index is -2.66. The first-order valence-electron chi connectivity index (χ1n) is 16.8. The molecule has 0 unspecified atom stereocenters. The number of hydrogen-bond acceptors (Lipinski definition) is 0. The third-order valence-electron chi connectivity index (χ3n) is 9.65. The molecule has 0 aromatic heterocycles. The molecule has 5 aromatic rings. The van der Waals surface area contributed by atoms with Gasteiger partial charge in [-0.2, -0.15) is 0 Å². The second kappa shape index (κ2) is 12.7. The monoisotopic (exact) mass is 752 g/mol. The van der Waals surface area contributed by atoms with Crippen molar-refractivity contribution in [1.29, 1.82) is 0 Å². The van der Waals surface area contributed by atoms with E-state index in [1.165, 1.54) is 55.6 Å². The summed E-state index contributed by atoms with van der Waals surface area (Å²) >= 11 is 1.11. The van der Waals surface area contributed by atoms with Crippen LogP contribution in [-0.2, 0) is 38.5 Å². The van der Waals surface area contributed by atoms with E-state index >= 15 is 0 Å². The van der Waals surface area contributed by atoms with E-state index in [2.05, 4.69) is 183 Å². The van der Waals surface area contributed by atoms with Crippen LogP contribution in [0.25, 0.3) is 33.4 Å². The van der Waals surface area contributed by atoms with Gasteiger partial charge in [-0.3, -0.25) is 0 Å². The van der Waals surface area contributed by atoms with Crippen molar-refractivity contribution in [3.63, 3.8) is 0 Å². The van der Waals surface area contributed by atoms with Gasteiger partial charge in [0.15, 0.2) is 0 Å². The first-order chi connectivity index (χ1) is 22.5. The Labute approximate surface area is 297 Å². The topological polar surface area (TPSA) is 0 Å². The summed E-state index contributed by atoms with van der Waals surface area (Å²) in [5.74, 6) is 0. The average molecular weight is 755 g/mol. The molecule has 2 heteroatoms. The molecule has 2 aliphatic carbocycles. The Hall–Kier alpha value is -3.19. The number of allylic oxidation sites excluding steroid dienone is 4. The summed E-state index contributed by atoms with van der Waals surface area (Å²) in [6, 6.07) is 38.9. The van der Waals surface area contributed by atoms with Crippen molar-refractivity contribution >= 4 is 22.9 Å². The molecule has 0 aliphatic heterocycles. The molecule has 0 fully saturated rings. The summed E-state index contributed by atoms with van der Waals surface area (Å²) in [6.45, 7) is 14.3. The van der Waals surface area contributed by atoms with Crippen molar-refractivity contribution in [2.45, 2.75) is 65.2 Å². The molecule has 7 rings (SSSR count). The van der Waals surface area contributed by atoms with Crippen LogP contribution in [0.4, 0.5) is 0 Å². The van der Waals surface area contributed by atoms with Gasteiger partial charge in [0.1, 0.15) is 0 Å². The molecule has 5 aromatic carbocycles. The van der Waals surface area contributed by atoms with Crippen LogP contribution in [0.3, 0.4) is 0 Å². The van der Waals surface area contributed by atoms with E-state index in [0.717, 1.165) is 17.3 Å². The van der Waals surface area contributed by atoms with Gasteiger partial charge in [-0.1, -0.05) is 0 Å². The van der Waals surface area contributed by atoms with Crippen molar-refractivity contribution < 1.29 is 21.3 Å². The molecule has 0 nitrogen and oxygen atoms in total. The Bertz CT molecular complexity index is 2080. The summed E-state index contributed by atoms with van der Waals surface area (Å²) < 4.78 is 7.15. The van der Waals surface area contributed by atoms with Gasteiger partial charge in [0.25, 0.3) is 0 Å². The average Bonchev–Trinajstić information content (AvgIpc) is 3.71. The van der Waals surface area contributed by atoms with E-state index < -0.39 is 21.3 Å². The van der Waals surface area contributed by atoms with Gasteiger partial charge in [-0.25, -0.2) is 0 Å². The molecule has 0 atom stereocenters. The van der Waals surface area contributed by atoms with Gasteiger partial charge in [-0.15, -0.1) is 0 Å². The summed E-state index contributed by atoms with van der Waals surface area (Å²) in [7, 11) is 0. The zero-order valence-corrected chi connectivity index (χ0v) is 32.5. The fourth-order valence-corrected chi connectivity index (χ4v) is 14.9. The Balaban J connectivity index is 1.59. The quantitative estimate of drug-likeness (QED) is 0.164. The normalized spacial score (nSPS) is 14.3. The molecule has 0 N–H and O–H groups in total. The van der Waals surface area contributed by atoms with Crippen molar-refractivity contribution in [3.05, 3.63) is 157 Å². The minimum absolute atomic E-state index is 0.0123. The van der Waals surface area contributed by atoms with E-state index in [1.54, 1.807) is 12.1 Å². The molecule has 2 aliphatic rings. The van der Waals surface area contributed by atoms with Crippen LogP contribution in [0, 0.1) is 0 Å². The first kappa shape index (κ1) is 32.4. The molecule has 0 radical (unpaired) electrons. The molecule has 0 spiro atoms. The molecule has 0 saturated carbocycles. The third-order valence-corrected chi connectivity index (χ3v) is 17.0. The van der Waals surface area contributed by atoms with Gasteiger partial charge in [0, 0.05) is 0 Å². The van der Waals surface area contributed by atoms with Crippen LogP contribution < -0.4 is 3.27 Å².